The maximum Gasteiger partial charge on any atom is 0.410 e. The first-order chi connectivity index (χ1) is 15.4. The lowest BCUT2D eigenvalue weighted by Crippen LogP contribution is -2.39. The number of pyridine rings is 1. The third kappa shape index (κ3) is 5.00. The molecule has 0 saturated heterocycles. The van der Waals surface area contributed by atoms with E-state index < -0.39 is 5.60 Å². The SMILES string of the molecule is CC(C)(C)OC(=O)N1CC=C(c2cccc(-c3ccc4c(c3)C(C)(C)CCC4(C)C)n2)CC1. The van der Waals surface area contributed by atoms with Crippen LogP contribution in [0.5, 0.6) is 0 Å². The van der Waals surface area contributed by atoms with Crippen LogP contribution in [-0.2, 0) is 15.6 Å². The molecule has 176 valence electrons. The lowest BCUT2D eigenvalue weighted by atomic mass is 9.63. The lowest BCUT2D eigenvalue weighted by molar-refractivity contribution is 0.0270. The highest BCUT2D eigenvalue weighted by Gasteiger charge is 2.37. The highest BCUT2D eigenvalue weighted by Crippen LogP contribution is 2.46. The number of carbonyl (C=O) groups excluding carboxylic acids is 1. The molecule has 0 fully saturated rings. The monoisotopic (exact) mass is 446 g/mol. The standard InChI is InChI=1S/C29H38N2O2/c1-27(2,3)33-26(32)31-17-13-20(14-18-31)24-9-8-10-25(30-24)21-11-12-22-23(19-21)29(6,7)16-15-28(22,4)5/h8-13,19H,14-18H2,1-7H3. The first-order valence-electron chi connectivity index (χ1n) is 12.2. The highest BCUT2D eigenvalue weighted by molar-refractivity contribution is 5.73. The smallest absolute Gasteiger partial charge is 0.410 e. The second-order valence-corrected chi connectivity index (χ2v) is 11.8. The molecule has 4 rings (SSSR count). The quantitative estimate of drug-likeness (QED) is 0.493. The van der Waals surface area contributed by atoms with Crippen molar-refractivity contribution in [2.75, 3.05) is 13.1 Å². The molecule has 0 saturated carbocycles. The summed E-state index contributed by atoms with van der Waals surface area (Å²) in [4.78, 5) is 19.2. The zero-order valence-corrected chi connectivity index (χ0v) is 21.3. The van der Waals surface area contributed by atoms with Gasteiger partial charge in [-0.15, -0.1) is 0 Å². The number of rotatable bonds is 2. The molecule has 0 bridgehead atoms. The van der Waals surface area contributed by atoms with Crippen LogP contribution in [0, 0.1) is 0 Å². The van der Waals surface area contributed by atoms with E-state index in [-0.39, 0.29) is 16.9 Å². The fraction of sp³-hybridized carbons (Fsp3) is 0.517. The van der Waals surface area contributed by atoms with E-state index in [1.54, 1.807) is 4.90 Å². The average molecular weight is 447 g/mol. The van der Waals surface area contributed by atoms with Gasteiger partial charge < -0.3 is 9.64 Å². The number of aromatic nitrogens is 1. The fourth-order valence-electron chi connectivity index (χ4n) is 4.92. The Balaban J connectivity index is 1.58. The zero-order valence-electron chi connectivity index (χ0n) is 21.3. The Bertz CT molecular complexity index is 1090. The number of amides is 1. The largest absolute Gasteiger partial charge is 0.444 e. The summed E-state index contributed by atoms with van der Waals surface area (Å²) in [5.74, 6) is 0. The van der Waals surface area contributed by atoms with Gasteiger partial charge in [-0.25, -0.2) is 9.78 Å². The van der Waals surface area contributed by atoms with Gasteiger partial charge in [-0.05, 0) is 85.8 Å². The molecule has 1 aromatic heterocycles. The minimum absolute atomic E-state index is 0.176. The Labute approximate surface area is 199 Å². The summed E-state index contributed by atoms with van der Waals surface area (Å²) >= 11 is 0. The second-order valence-electron chi connectivity index (χ2n) is 11.8. The maximum absolute atomic E-state index is 12.4. The zero-order chi connectivity index (χ0) is 24.0. The molecule has 1 aliphatic carbocycles. The Morgan fingerprint density at radius 2 is 1.64 bits per heavy atom. The normalized spacial score (nSPS) is 19.5. The number of nitrogens with zero attached hydrogens (tertiary/aromatic N) is 2. The van der Waals surface area contributed by atoms with Crippen LogP contribution in [0.3, 0.4) is 0 Å². The van der Waals surface area contributed by atoms with Crippen molar-refractivity contribution in [3.05, 3.63) is 59.3 Å². The van der Waals surface area contributed by atoms with Gasteiger partial charge in [0.2, 0.25) is 0 Å². The van der Waals surface area contributed by atoms with Gasteiger partial charge in [-0.3, -0.25) is 0 Å². The van der Waals surface area contributed by atoms with Crippen molar-refractivity contribution in [2.45, 2.75) is 84.2 Å². The van der Waals surface area contributed by atoms with E-state index in [1.165, 1.54) is 35.1 Å². The molecule has 1 amide bonds. The Hall–Kier alpha value is -2.62. The third-order valence-corrected chi connectivity index (χ3v) is 7.09. The Morgan fingerprint density at radius 1 is 0.970 bits per heavy atom. The summed E-state index contributed by atoms with van der Waals surface area (Å²) < 4.78 is 5.51. The van der Waals surface area contributed by atoms with Gasteiger partial charge in [0, 0.05) is 18.7 Å². The molecule has 2 aromatic rings. The van der Waals surface area contributed by atoms with Crippen LogP contribution in [0.25, 0.3) is 16.8 Å². The number of ether oxygens (including phenoxy) is 1. The van der Waals surface area contributed by atoms with Crippen molar-refractivity contribution in [1.29, 1.82) is 0 Å². The number of hydrogen-bond donors (Lipinski definition) is 0. The summed E-state index contributed by atoms with van der Waals surface area (Å²) in [6.45, 7) is 16.3. The van der Waals surface area contributed by atoms with E-state index in [4.69, 9.17) is 9.72 Å². The summed E-state index contributed by atoms with van der Waals surface area (Å²) in [5, 5.41) is 0. The molecule has 1 aliphatic heterocycles. The molecule has 4 heteroatoms. The van der Waals surface area contributed by atoms with Crippen LogP contribution in [0.15, 0.2) is 42.5 Å². The van der Waals surface area contributed by atoms with Gasteiger partial charge in [0.05, 0.1) is 11.4 Å². The van der Waals surface area contributed by atoms with E-state index in [0.717, 1.165) is 17.8 Å². The van der Waals surface area contributed by atoms with E-state index in [1.807, 2.05) is 20.8 Å². The third-order valence-electron chi connectivity index (χ3n) is 7.09. The molecule has 0 spiro atoms. The second kappa shape index (κ2) is 8.30. The van der Waals surface area contributed by atoms with Gasteiger partial charge in [0.25, 0.3) is 0 Å². The number of benzene rings is 1. The van der Waals surface area contributed by atoms with Crippen molar-refractivity contribution < 1.29 is 9.53 Å². The lowest BCUT2D eigenvalue weighted by Gasteiger charge is -2.42. The summed E-state index contributed by atoms with van der Waals surface area (Å²) in [6.07, 6.45) is 5.05. The fourth-order valence-corrected chi connectivity index (χ4v) is 4.92. The minimum atomic E-state index is -0.477. The predicted molar refractivity (Wildman–Crippen MR) is 135 cm³/mol. The molecule has 0 unspecified atom stereocenters. The predicted octanol–water partition coefficient (Wildman–Crippen LogP) is 7.12. The summed E-state index contributed by atoms with van der Waals surface area (Å²) in [6, 6.07) is 13.2. The van der Waals surface area contributed by atoms with Gasteiger partial charge in [-0.2, -0.15) is 0 Å². The van der Waals surface area contributed by atoms with Crippen molar-refractivity contribution in [2.24, 2.45) is 0 Å². The van der Waals surface area contributed by atoms with Crippen LogP contribution in [0.1, 0.15) is 84.5 Å². The number of carbonyl (C=O) groups is 1. The molecule has 33 heavy (non-hydrogen) atoms. The van der Waals surface area contributed by atoms with Crippen molar-refractivity contribution in [3.63, 3.8) is 0 Å². The summed E-state index contributed by atoms with van der Waals surface area (Å²) in [5.41, 5.74) is 7.20. The molecular weight excluding hydrogens is 408 g/mol. The van der Waals surface area contributed by atoms with Crippen LogP contribution in [0.4, 0.5) is 4.79 Å². The van der Waals surface area contributed by atoms with E-state index in [0.29, 0.717) is 13.1 Å². The number of hydrogen-bond acceptors (Lipinski definition) is 3. The van der Waals surface area contributed by atoms with Gasteiger partial charge in [0.1, 0.15) is 5.60 Å². The topological polar surface area (TPSA) is 42.4 Å². The van der Waals surface area contributed by atoms with Crippen molar-refractivity contribution >= 4 is 11.7 Å². The maximum atomic E-state index is 12.4. The number of fused-ring (bicyclic) bond motifs is 1. The van der Waals surface area contributed by atoms with Crippen molar-refractivity contribution in [1.82, 2.24) is 9.88 Å². The minimum Gasteiger partial charge on any atom is -0.444 e. The Kier molecular flexibility index (Phi) is 5.92. The summed E-state index contributed by atoms with van der Waals surface area (Å²) in [7, 11) is 0. The molecule has 0 radical (unpaired) electrons. The van der Waals surface area contributed by atoms with E-state index in [9.17, 15) is 4.79 Å². The highest BCUT2D eigenvalue weighted by atomic mass is 16.6. The van der Waals surface area contributed by atoms with E-state index >= 15 is 0 Å². The van der Waals surface area contributed by atoms with Crippen LogP contribution in [-0.4, -0.2) is 34.7 Å². The van der Waals surface area contributed by atoms with Crippen LogP contribution >= 0.6 is 0 Å². The first kappa shape index (κ1) is 23.5. The van der Waals surface area contributed by atoms with Crippen LogP contribution in [0.2, 0.25) is 0 Å². The molecule has 4 nitrogen and oxygen atoms in total. The van der Waals surface area contributed by atoms with Crippen molar-refractivity contribution in [3.8, 4) is 11.3 Å². The molecule has 0 atom stereocenters. The van der Waals surface area contributed by atoms with Crippen LogP contribution < -0.4 is 0 Å². The van der Waals surface area contributed by atoms with Gasteiger partial charge in [-0.1, -0.05) is 52.0 Å². The van der Waals surface area contributed by atoms with Gasteiger partial charge in [0.15, 0.2) is 0 Å². The molecule has 2 aliphatic rings. The molecular formula is C29H38N2O2. The van der Waals surface area contributed by atoms with E-state index in [2.05, 4.69) is 70.2 Å². The molecule has 2 heterocycles. The molecule has 0 N–H and O–H groups in total. The Morgan fingerprint density at radius 3 is 2.27 bits per heavy atom. The molecule has 1 aromatic carbocycles. The first-order valence-corrected chi connectivity index (χ1v) is 12.2. The van der Waals surface area contributed by atoms with Gasteiger partial charge >= 0.3 is 6.09 Å². The average Bonchev–Trinajstić information content (AvgIpc) is 2.76.